The summed E-state index contributed by atoms with van der Waals surface area (Å²) < 4.78 is 17.8. The summed E-state index contributed by atoms with van der Waals surface area (Å²) in [7, 11) is 0. The average Bonchev–Trinajstić information content (AvgIpc) is 2.92. The Morgan fingerprint density at radius 1 is 0.829 bits per heavy atom. The molecule has 10 nitrogen and oxygen atoms in total. The maximum absolute atomic E-state index is 13.7. The van der Waals surface area contributed by atoms with Crippen LogP contribution < -0.4 is 0 Å². The van der Waals surface area contributed by atoms with E-state index >= 15 is 0 Å². The number of aliphatic hydroxyl groups excluding tert-OH is 2. The lowest BCUT2D eigenvalue weighted by atomic mass is 9.79. The zero-order valence-corrected chi connectivity index (χ0v) is 22.8. The van der Waals surface area contributed by atoms with Crippen molar-refractivity contribution in [3.05, 3.63) is 63.7 Å². The number of rotatable bonds is 3. The van der Waals surface area contributed by atoms with Gasteiger partial charge in [0.1, 0.15) is 23.4 Å². The number of benzene rings is 3. The van der Waals surface area contributed by atoms with Crippen LogP contribution >= 0.6 is 0 Å². The first kappa shape index (κ1) is 27.6. The summed E-state index contributed by atoms with van der Waals surface area (Å²) in [4.78, 5) is 27.3. The highest BCUT2D eigenvalue weighted by atomic mass is 16.7. The van der Waals surface area contributed by atoms with Gasteiger partial charge in [0.2, 0.25) is 0 Å². The standard InChI is InChI=1S/C31H32O10/c1-12-8-18-17(21(33)9-12)10-19-26(30(18)37)29(36)16-5-4-15(28(35)25(16)31(19)38)22-11-23(27(34)14(3)39-22)41-24-7-6-20(32)13(2)40-24/h4-5,8-10,13-14,20,22-24,27,32-35,37H,6-7,11H2,1-3H3/t13-,14+,20-,22+,23-,24-,27+/m1/s1. The normalized spacial score (nSPS) is 29.8. The third-order valence-electron chi connectivity index (χ3n) is 8.47. The number of carbonyl (C=O) groups excluding carboxylic acids is 2. The van der Waals surface area contributed by atoms with Gasteiger partial charge in [0.15, 0.2) is 17.9 Å². The highest BCUT2D eigenvalue weighted by molar-refractivity contribution is 6.32. The Bertz CT molecular complexity index is 1580. The van der Waals surface area contributed by atoms with Gasteiger partial charge in [0.25, 0.3) is 0 Å². The zero-order chi connectivity index (χ0) is 29.3. The number of fused-ring (bicyclic) bond motifs is 3. The smallest absolute Gasteiger partial charge is 0.198 e. The second-order valence-electron chi connectivity index (χ2n) is 11.3. The molecule has 2 heterocycles. The Labute approximate surface area is 235 Å². The van der Waals surface area contributed by atoms with Crippen LogP contribution in [0.4, 0.5) is 0 Å². The van der Waals surface area contributed by atoms with E-state index in [1.807, 2.05) is 0 Å². The molecule has 1 aliphatic carbocycles. The molecular formula is C31H32O10. The number of aromatic hydroxyl groups is 3. The molecule has 0 spiro atoms. The van der Waals surface area contributed by atoms with Gasteiger partial charge in [-0.25, -0.2) is 0 Å². The molecule has 0 radical (unpaired) electrons. The number of carbonyl (C=O) groups is 2. The molecule has 0 aromatic heterocycles. The molecule has 10 heteroatoms. The molecule has 6 rings (SSSR count). The fourth-order valence-electron chi connectivity index (χ4n) is 6.19. The van der Waals surface area contributed by atoms with Crippen molar-refractivity contribution in [1.29, 1.82) is 0 Å². The second-order valence-corrected chi connectivity index (χ2v) is 11.3. The topological polar surface area (TPSA) is 163 Å². The third-order valence-corrected chi connectivity index (χ3v) is 8.47. The Hall–Kier alpha value is -3.54. The van der Waals surface area contributed by atoms with E-state index in [0.717, 1.165) is 0 Å². The van der Waals surface area contributed by atoms with Crippen LogP contribution in [0.5, 0.6) is 17.2 Å². The molecule has 0 saturated carbocycles. The number of hydrogen-bond acceptors (Lipinski definition) is 10. The first-order valence-corrected chi connectivity index (χ1v) is 13.7. The van der Waals surface area contributed by atoms with Crippen molar-refractivity contribution in [3.63, 3.8) is 0 Å². The largest absolute Gasteiger partial charge is 0.507 e. The van der Waals surface area contributed by atoms with E-state index in [1.54, 1.807) is 26.8 Å². The highest BCUT2D eigenvalue weighted by Gasteiger charge is 2.42. The van der Waals surface area contributed by atoms with Gasteiger partial charge in [-0.15, -0.1) is 0 Å². The van der Waals surface area contributed by atoms with Crippen LogP contribution in [0.3, 0.4) is 0 Å². The van der Waals surface area contributed by atoms with Crippen LogP contribution in [-0.4, -0.2) is 73.9 Å². The number of aryl methyl sites for hydroxylation is 1. The lowest BCUT2D eigenvalue weighted by Crippen LogP contribution is -2.48. The number of ether oxygens (including phenoxy) is 3. The SMILES string of the molecule is Cc1cc(O)c2cc3c(c(O)c2c1)C(=O)c1ccc([C@@H]2C[C@@H](O[C@@H]4CC[C@@H](O)[C@@H](C)O4)[C@@H](O)[C@H](C)O2)c(O)c1C3=O. The van der Waals surface area contributed by atoms with E-state index in [4.69, 9.17) is 14.2 Å². The van der Waals surface area contributed by atoms with E-state index in [-0.39, 0.29) is 50.8 Å². The maximum Gasteiger partial charge on any atom is 0.198 e. The van der Waals surface area contributed by atoms with Gasteiger partial charge >= 0.3 is 0 Å². The van der Waals surface area contributed by atoms with Gasteiger partial charge in [-0.3, -0.25) is 9.59 Å². The minimum atomic E-state index is -0.987. The zero-order valence-electron chi connectivity index (χ0n) is 22.8. The number of phenols is 3. The molecule has 0 unspecified atom stereocenters. The minimum Gasteiger partial charge on any atom is -0.507 e. The van der Waals surface area contributed by atoms with Crippen molar-refractivity contribution < 1.29 is 49.3 Å². The number of phenolic OH excluding ortho intramolecular Hbond substituents is 3. The van der Waals surface area contributed by atoms with Gasteiger partial charge in [0.05, 0.1) is 41.6 Å². The minimum absolute atomic E-state index is 0.0601. The molecule has 41 heavy (non-hydrogen) atoms. The highest BCUT2D eigenvalue weighted by Crippen LogP contribution is 2.46. The molecule has 0 amide bonds. The number of hydrogen-bond donors (Lipinski definition) is 5. The Balaban J connectivity index is 1.35. The molecule has 2 fully saturated rings. The van der Waals surface area contributed by atoms with Gasteiger partial charge in [-0.05, 0) is 57.0 Å². The predicted molar refractivity (Wildman–Crippen MR) is 145 cm³/mol. The summed E-state index contributed by atoms with van der Waals surface area (Å²) in [6, 6.07) is 7.39. The summed E-state index contributed by atoms with van der Waals surface area (Å²) in [5, 5.41) is 54.1. The Kier molecular flexibility index (Phi) is 6.79. The van der Waals surface area contributed by atoms with Crippen LogP contribution in [0, 0.1) is 6.92 Å². The summed E-state index contributed by atoms with van der Waals surface area (Å²) in [5.74, 6) is -2.29. The molecule has 0 bridgehead atoms. The Morgan fingerprint density at radius 2 is 1.54 bits per heavy atom. The monoisotopic (exact) mass is 564 g/mol. The lowest BCUT2D eigenvalue weighted by molar-refractivity contribution is -0.272. The van der Waals surface area contributed by atoms with Crippen molar-refractivity contribution in [2.75, 3.05) is 0 Å². The quantitative estimate of drug-likeness (QED) is 0.249. The Morgan fingerprint density at radius 3 is 2.27 bits per heavy atom. The average molecular weight is 565 g/mol. The molecule has 2 saturated heterocycles. The van der Waals surface area contributed by atoms with Crippen molar-refractivity contribution in [2.45, 2.75) is 82.9 Å². The van der Waals surface area contributed by atoms with Crippen LogP contribution in [-0.2, 0) is 14.2 Å². The van der Waals surface area contributed by atoms with E-state index in [2.05, 4.69) is 0 Å². The fourth-order valence-corrected chi connectivity index (χ4v) is 6.19. The number of aliphatic hydroxyl groups is 2. The van der Waals surface area contributed by atoms with Gasteiger partial charge in [-0.2, -0.15) is 0 Å². The van der Waals surface area contributed by atoms with Crippen LogP contribution in [0.2, 0.25) is 0 Å². The molecule has 3 aromatic rings. The molecule has 216 valence electrons. The van der Waals surface area contributed by atoms with E-state index < -0.39 is 66.0 Å². The maximum atomic E-state index is 13.7. The summed E-state index contributed by atoms with van der Waals surface area (Å²) in [5.41, 5.74) is 0.326. The molecule has 3 aliphatic rings. The molecule has 3 aromatic carbocycles. The van der Waals surface area contributed by atoms with E-state index in [1.165, 1.54) is 24.3 Å². The van der Waals surface area contributed by atoms with Gasteiger partial charge in [0, 0.05) is 40.3 Å². The van der Waals surface area contributed by atoms with Gasteiger partial charge < -0.3 is 39.7 Å². The van der Waals surface area contributed by atoms with Crippen LogP contribution in [0.1, 0.15) is 82.2 Å². The van der Waals surface area contributed by atoms with Crippen molar-refractivity contribution in [3.8, 4) is 17.2 Å². The first-order valence-electron chi connectivity index (χ1n) is 13.7. The van der Waals surface area contributed by atoms with Gasteiger partial charge in [-0.1, -0.05) is 6.07 Å². The summed E-state index contributed by atoms with van der Waals surface area (Å²) in [6.07, 6.45) is -3.74. The van der Waals surface area contributed by atoms with Crippen molar-refractivity contribution in [2.24, 2.45) is 0 Å². The molecule has 2 aliphatic heterocycles. The van der Waals surface area contributed by atoms with Crippen molar-refractivity contribution in [1.82, 2.24) is 0 Å². The van der Waals surface area contributed by atoms with E-state index in [0.29, 0.717) is 18.4 Å². The lowest BCUT2D eigenvalue weighted by Gasteiger charge is -2.41. The van der Waals surface area contributed by atoms with Crippen molar-refractivity contribution >= 4 is 22.3 Å². The predicted octanol–water partition coefficient (Wildman–Crippen LogP) is 3.52. The summed E-state index contributed by atoms with van der Waals surface area (Å²) >= 11 is 0. The molecule has 7 atom stereocenters. The molecular weight excluding hydrogens is 532 g/mol. The summed E-state index contributed by atoms with van der Waals surface area (Å²) in [6.45, 7) is 5.15. The third kappa shape index (κ3) is 4.47. The fraction of sp³-hybridized carbons (Fsp3) is 0.419. The first-order chi connectivity index (χ1) is 19.5. The molecule has 5 N–H and O–H groups in total. The van der Waals surface area contributed by atoms with Crippen LogP contribution in [0.15, 0.2) is 30.3 Å². The second kappa shape index (κ2) is 10.1. The van der Waals surface area contributed by atoms with E-state index in [9.17, 15) is 35.1 Å². The van der Waals surface area contributed by atoms with Crippen LogP contribution in [0.25, 0.3) is 10.8 Å². The number of ketones is 2.